The molecule has 1 N–H and O–H groups in total. The maximum Gasteiger partial charge on any atom is 0.123 e. The van der Waals surface area contributed by atoms with Crippen LogP contribution in [0.5, 0.6) is 0 Å². The number of halogens is 1. The summed E-state index contributed by atoms with van der Waals surface area (Å²) in [5, 5.41) is 4.35. The molecule has 0 radical (unpaired) electrons. The molecule has 0 spiro atoms. The molecule has 2 nitrogen and oxygen atoms in total. The lowest BCUT2D eigenvalue weighted by atomic mass is 10.1. The van der Waals surface area contributed by atoms with Crippen LogP contribution in [0.15, 0.2) is 28.7 Å². The Labute approximate surface area is 127 Å². The van der Waals surface area contributed by atoms with Crippen LogP contribution < -0.4 is 5.32 Å². The fourth-order valence-corrected chi connectivity index (χ4v) is 3.47. The third-order valence-electron chi connectivity index (χ3n) is 2.79. The Morgan fingerprint density at radius 3 is 2.79 bits per heavy atom. The number of hydrogen-bond acceptors (Lipinski definition) is 3. The molecule has 0 fully saturated rings. The van der Waals surface area contributed by atoms with Crippen LogP contribution in [-0.4, -0.2) is 12.0 Å². The van der Waals surface area contributed by atoms with Crippen molar-refractivity contribution in [2.75, 3.05) is 7.05 Å². The summed E-state index contributed by atoms with van der Waals surface area (Å²) in [6.45, 7) is 5.37. The second kappa shape index (κ2) is 6.64. The number of nitrogens with zero attached hydrogens (tertiary/aromatic N) is 1. The monoisotopic (exact) mass is 338 g/mol. The predicted molar refractivity (Wildman–Crippen MR) is 86.6 cm³/mol. The Balaban J connectivity index is 2.36. The summed E-state index contributed by atoms with van der Waals surface area (Å²) in [5.41, 5.74) is 2.43. The van der Waals surface area contributed by atoms with Gasteiger partial charge in [0.05, 0.1) is 5.69 Å². The molecule has 4 heteroatoms. The molecule has 2 aromatic rings. The molecule has 0 saturated carbocycles. The molecule has 19 heavy (non-hydrogen) atoms. The number of aromatic nitrogens is 1. The van der Waals surface area contributed by atoms with Crippen molar-refractivity contribution in [3.05, 3.63) is 39.3 Å². The quantitative estimate of drug-likeness (QED) is 0.868. The molecule has 2 rings (SSSR count). The highest BCUT2D eigenvalue weighted by Gasteiger charge is 2.13. The normalized spacial score (nSPS) is 11.2. The van der Waals surface area contributed by atoms with Crippen LogP contribution in [0, 0.1) is 5.92 Å². The van der Waals surface area contributed by atoms with Gasteiger partial charge in [0.1, 0.15) is 5.01 Å². The molecule has 1 aromatic carbocycles. The molecule has 102 valence electrons. The van der Waals surface area contributed by atoms with E-state index in [1.165, 1.54) is 16.1 Å². The van der Waals surface area contributed by atoms with E-state index >= 15 is 0 Å². The van der Waals surface area contributed by atoms with Crippen LogP contribution in [0.1, 0.15) is 24.4 Å². The van der Waals surface area contributed by atoms with E-state index in [0.29, 0.717) is 5.92 Å². The fraction of sp³-hybridized carbons (Fsp3) is 0.400. The van der Waals surface area contributed by atoms with Crippen molar-refractivity contribution in [3.8, 4) is 10.6 Å². The van der Waals surface area contributed by atoms with Crippen molar-refractivity contribution >= 4 is 27.3 Å². The smallest absolute Gasteiger partial charge is 0.123 e. The highest BCUT2D eigenvalue weighted by molar-refractivity contribution is 9.10. The van der Waals surface area contributed by atoms with E-state index in [1.54, 1.807) is 11.3 Å². The minimum atomic E-state index is 0.632. The highest BCUT2D eigenvalue weighted by Crippen LogP contribution is 2.30. The maximum absolute atomic E-state index is 4.84. The van der Waals surface area contributed by atoms with E-state index in [9.17, 15) is 0 Å². The molecular weight excluding hydrogens is 320 g/mol. The van der Waals surface area contributed by atoms with Crippen LogP contribution in [-0.2, 0) is 13.0 Å². The van der Waals surface area contributed by atoms with E-state index in [1.807, 2.05) is 13.1 Å². The van der Waals surface area contributed by atoms with Gasteiger partial charge in [-0.25, -0.2) is 4.98 Å². The van der Waals surface area contributed by atoms with Crippen molar-refractivity contribution in [1.29, 1.82) is 0 Å². The minimum absolute atomic E-state index is 0.632. The van der Waals surface area contributed by atoms with Gasteiger partial charge in [0.15, 0.2) is 0 Å². The van der Waals surface area contributed by atoms with Gasteiger partial charge < -0.3 is 5.32 Å². The van der Waals surface area contributed by atoms with Crippen LogP contribution in [0.3, 0.4) is 0 Å². The van der Waals surface area contributed by atoms with Gasteiger partial charge in [-0.1, -0.05) is 41.9 Å². The van der Waals surface area contributed by atoms with E-state index < -0.39 is 0 Å². The third-order valence-corrected chi connectivity index (χ3v) is 4.43. The summed E-state index contributed by atoms with van der Waals surface area (Å²) in [6, 6.07) is 8.34. The van der Waals surface area contributed by atoms with Crippen molar-refractivity contribution < 1.29 is 0 Å². The predicted octanol–water partition coefficient (Wildman–Crippen LogP) is 4.49. The lowest BCUT2D eigenvalue weighted by molar-refractivity contribution is 0.631. The first kappa shape index (κ1) is 14.7. The van der Waals surface area contributed by atoms with Crippen molar-refractivity contribution in [1.82, 2.24) is 10.3 Å². The second-order valence-electron chi connectivity index (χ2n) is 5.03. The number of thiazole rings is 1. The van der Waals surface area contributed by atoms with E-state index in [2.05, 4.69) is 53.3 Å². The Bertz CT molecular complexity index is 549. The number of benzene rings is 1. The first-order chi connectivity index (χ1) is 9.10. The zero-order valence-corrected chi connectivity index (χ0v) is 13.9. The summed E-state index contributed by atoms with van der Waals surface area (Å²) in [4.78, 5) is 6.19. The second-order valence-corrected chi connectivity index (χ2v) is 7.03. The Morgan fingerprint density at radius 1 is 1.37 bits per heavy atom. The van der Waals surface area contributed by atoms with Gasteiger partial charge in [0, 0.05) is 21.5 Å². The van der Waals surface area contributed by atoms with Crippen LogP contribution in [0.4, 0.5) is 0 Å². The first-order valence-corrected chi connectivity index (χ1v) is 8.10. The number of nitrogens with one attached hydrogen (secondary N) is 1. The lowest BCUT2D eigenvalue weighted by Gasteiger charge is -2.03. The molecule has 0 saturated heterocycles. The van der Waals surface area contributed by atoms with Gasteiger partial charge in [0.25, 0.3) is 0 Å². The first-order valence-electron chi connectivity index (χ1n) is 6.49. The zero-order chi connectivity index (χ0) is 13.8. The maximum atomic E-state index is 4.84. The van der Waals surface area contributed by atoms with Gasteiger partial charge in [-0.15, -0.1) is 11.3 Å². The van der Waals surface area contributed by atoms with Gasteiger partial charge in [-0.2, -0.15) is 0 Å². The summed E-state index contributed by atoms with van der Waals surface area (Å²) in [6.07, 6.45) is 1.04. The van der Waals surface area contributed by atoms with Gasteiger partial charge in [-0.3, -0.25) is 0 Å². The van der Waals surface area contributed by atoms with E-state index in [-0.39, 0.29) is 0 Å². The highest BCUT2D eigenvalue weighted by atomic mass is 79.9. The van der Waals surface area contributed by atoms with Gasteiger partial charge in [0.2, 0.25) is 0 Å². The van der Waals surface area contributed by atoms with Crippen LogP contribution in [0.2, 0.25) is 0 Å². The zero-order valence-electron chi connectivity index (χ0n) is 11.5. The van der Waals surface area contributed by atoms with E-state index in [4.69, 9.17) is 4.98 Å². The molecule has 0 amide bonds. The van der Waals surface area contributed by atoms with Crippen LogP contribution in [0.25, 0.3) is 10.6 Å². The molecule has 0 unspecified atom stereocenters. The molecule has 0 aliphatic heterocycles. The molecule has 0 atom stereocenters. The van der Waals surface area contributed by atoms with Crippen LogP contribution >= 0.6 is 27.3 Å². The van der Waals surface area contributed by atoms with Crippen molar-refractivity contribution in [2.45, 2.75) is 26.8 Å². The van der Waals surface area contributed by atoms with Crippen molar-refractivity contribution in [3.63, 3.8) is 0 Å². The average Bonchev–Trinajstić information content (AvgIpc) is 2.72. The summed E-state index contributed by atoms with van der Waals surface area (Å²) < 4.78 is 1.10. The summed E-state index contributed by atoms with van der Waals surface area (Å²) in [5.74, 6) is 0.632. The largest absolute Gasteiger partial charge is 0.315 e. The molecule has 1 heterocycles. The number of hydrogen-bond donors (Lipinski definition) is 1. The van der Waals surface area contributed by atoms with Gasteiger partial charge in [-0.05, 0) is 31.5 Å². The third kappa shape index (κ3) is 3.88. The molecule has 0 aliphatic rings. The summed E-state index contributed by atoms with van der Waals surface area (Å²) in [7, 11) is 1.98. The molecule has 0 bridgehead atoms. The number of rotatable bonds is 5. The topological polar surface area (TPSA) is 24.9 Å². The average molecular weight is 339 g/mol. The summed E-state index contributed by atoms with van der Waals surface area (Å²) >= 11 is 5.31. The Morgan fingerprint density at radius 2 is 2.16 bits per heavy atom. The molecule has 0 aliphatic carbocycles. The van der Waals surface area contributed by atoms with E-state index in [0.717, 1.165) is 22.4 Å². The molecule has 1 aromatic heterocycles. The fourth-order valence-electron chi connectivity index (χ4n) is 1.97. The Kier molecular flexibility index (Phi) is 5.13. The minimum Gasteiger partial charge on any atom is -0.315 e. The Hall–Kier alpha value is -0.710. The lowest BCUT2D eigenvalue weighted by Crippen LogP contribution is -2.07. The molecular formula is C15H19BrN2S. The standard InChI is InChI=1S/C15H19BrN2S/c1-10(2)7-13-14(9-17-3)19-15(18-13)11-5-4-6-12(16)8-11/h4-6,8,10,17H,7,9H2,1-3H3. The SMILES string of the molecule is CNCc1sc(-c2cccc(Br)c2)nc1CC(C)C. The van der Waals surface area contributed by atoms with Gasteiger partial charge >= 0.3 is 0 Å². The van der Waals surface area contributed by atoms with Crippen molar-refractivity contribution in [2.24, 2.45) is 5.92 Å².